The number of anilines is 2. The Balaban J connectivity index is 2.46. The second-order valence-corrected chi connectivity index (χ2v) is 8.52. The van der Waals surface area contributed by atoms with Crippen LogP contribution in [0.3, 0.4) is 0 Å². The normalized spacial score (nSPS) is 12.2. The van der Waals surface area contributed by atoms with Gasteiger partial charge in [-0.2, -0.15) is 0 Å². The van der Waals surface area contributed by atoms with E-state index < -0.39 is 22.0 Å². The maximum absolute atomic E-state index is 12.9. The Labute approximate surface area is 170 Å². The van der Waals surface area contributed by atoms with E-state index in [2.05, 4.69) is 5.32 Å². The maximum atomic E-state index is 12.9. The van der Waals surface area contributed by atoms with Gasteiger partial charge in [-0.3, -0.25) is 9.10 Å². The quantitative estimate of drug-likeness (QED) is 0.732. The molecule has 0 spiro atoms. The van der Waals surface area contributed by atoms with E-state index in [-0.39, 0.29) is 5.69 Å². The van der Waals surface area contributed by atoms with Crippen LogP contribution >= 0.6 is 11.6 Å². The first-order chi connectivity index (χ1) is 13.1. The van der Waals surface area contributed by atoms with Crippen LogP contribution in [-0.2, 0) is 14.8 Å². The van der Waals surface area contributed by atoms with Crippen molar-refractivity contribution in [3.8, 4) is 11.5 Å². The molecule has 0 aliphatic rings. The average molecular weight is 427 g/mol. The van der Waals surface area contributed by atoms with E-state index in [1.807, 2.05) is 6.92 Å². The molecule has 152 valence electrons. The first-order valence-corrected chi connectivity index (χ1v) is 10.6. The fourth-order valence-electron chi connectivity index (χ4n) is 2.72. The van der Waals surface area contributed by atoms with Crippen LogP contribution in [-0.4, -0.2) is 40.8 Å². The van der Waals surface area contributed by atoms with Crippen LogP contribution in [0.15, 0.2) is 36.4 Å². The molecule has 1 unspecified atom stereocenters. The topological polar surface area (TPSA) is 84.9 Å². The van der Waals surface area contributed by atoms with E-state index >= 15 is 0 Å². The number of carbonyl (C=O) groups is 1. The van der Waals surface area contributed by atoms with E-state index in [4.69, 9.17) is 21.1 Å². The van der Waals surface area contributed by atoms with Crippen LogP contribution < -0.4 is 19.1 Å². The van der Waals surface area contributed by atoms with Gasteiger partial charge in [0.2, 0.25) is 15.9 Å². The third-order valence-corrected chi connectivity index (χ3v) is 5.63. The molecule has 2 aromatic carbocycles. The number of amides is 1. The number of nitrogens with one attached hydrogen (secondary N) is 1. The van der Waals surface area contributed by atoms with E-state index in [9.17, 15) is 13.2 Å². The van der Waals surface area contributed by atoms with Crippen molar-refractivity contribution < 1.29 is 22.7 Å². The fourth-order valence-corrected chi connectivity index (χ4v) is 4.06. The highest BCUT2D eigenvalue weighted by Gasteiger charge is 2.32. The zero-order chi connectivity index (χ0) is 21.1. The molecule has 0 aromatic heterocycles. The van der Waals surface area contributed by atoms with Gasteiger partial charge < -0.3 is 14.8 Å². The minimum Gasteiger partial charge on any atom is -0.497 e. The van der Waals surface area contributed by atoms with Gasteiger partial charge >= 0.3 is 0 Å². The molecule has 1 N–H and O–H groups in total. The third kappa shape index (κ3) is 4.88. The van der Waals surface area contributed by atoms with Crippen molar-refractivity contribution in [1.82, 2.24) is 0 Å². The molecule has 2 rings (SSSR count). The lowest BCUT2D eigenvalue weighted by molar-refractivity contribution is -0.116. The number of benzene rings is 2. The SMILES string of the molecule is COc1ccc(OC)c(N(C(C)C(=O)Nc2cc(Cl)ccc2C)S(C)(=O)=O)c1. The van der Waals surface area contributed by atoms with Gasteiger partial charge in [-0.05, 0) is 43.7 Å². The lowest BCUT2D eigenvalue weighted by Crippen LogP contribution is -2.45. The Hall–Kier alpha value is -2.45. The molecule has 1 atom stereocenters. The molecule has 0 heterocycles. The van der Waals surface area contributed by atoms with Crippen molar-refractivity contribution in [3.63, 3.8) is 0 Å². The summed E-state index contributed by atoms with van der Waals surface area (Å²) < 4.78 is 36.6. The van der Waals surface area contributed by atoms with Gasteiger partial charge in [0, 0.05) is 16.8 Å². The molecule has 0 aliphatic heterocycles. The standard InChI is InChI=1S/C19H23ClN2O5S/c1-12-6-7-14(20)10-16(12)21-19(23)13(2)22(28(5,24)25)17-11-15(26-3)8-9-18(17)27-4/h6-11,13H,1-5H3,(H,21,23). The summed E-state index contributed by atoms with van der Waals surface area (Å²) in [6, 6.07) is 8.75. The number of ether oxygens (including phenoxy) is 2. The molecule has 2 aromatic rings. The predicted molar refractivity (Wildman–Crippen MR) is 111 cm³/mol. The van der Waals surface area contributed by atoms with Crippen molar-refractivity contribution in [2.75, 3.05) is 30.1 Å². The highest BCUT2D eigenvalue weighted by Crippen LogP contribution is 2.35. The Morgan fingerprint density at radius 1 is 1.14 bits per heavy atom. The molecule has 28 heavy (non-hydrogen) atoms. The van der Waals surface area contributed by atoms with E-state index in [1.54, 1.807) is 30.3 Å². The van der Waals surface area contributed by atoms with Gasteiger partial charge in [-0.25, -0.2) is 8.42 Å². The van der Waals surface area contributed by atoms with Gasteiger partial charge in [0.1, 0.15) is 17.5 Å². The molecule has 0 radical (unpaired) electrons. The highest BCUT2D eigenvalue weighted by atomic mass is 35.5. The second kappa shape index (κ2) is 8.70. The number of sulfonamides is 1. The fraction of sp³-hybridized carbons (Fsp3) is 0.316. The molecular formula is C19H23ClN2O5S. The monoisotopic (exact) mass is 426 g/mol. The number of halogens is 1. The summed E-state index contributed by atoms with van der Waals surface area (Å²) in [6.07, 6.45) is 1.03. The smallest absolute Gasteiger partial charge is 0.248 e. The summed E-state index contributed by atoms with van der Waals surface area (Å²) in [6.45, 7) is 3.31. The molecule has 0 bridgehead atoms. The molecule has 0 saturated carbocycles. The van der Waals surface area contributed by atoms with Crippen molar-refractivity contribution in [2.45, 2.75) is 19.9 Å². The largest absolute Gasteiger partial charge is 0.497 e. The van der Waals surface area contributed by atoms with Crippen molar-refractivity contribution in [1.29, 1.82) is 0 Å². The number of hydrogen-bond acceptors (Lipinski definition) is 5. The van der Waals surface area contributed by atoms with Crippen LogP contribution in [0.2, 0.25) is 5.02 Å². The van der Waals surface area contributed by atoms with Crippen LogP contribution in [0.1, 0.15) is 12.5 Å². The van der Waals surface area contributed by atoms with Crippen LogP contribution in [0.5, 0.6) is 11.5 Å². The summed E-state index contributed by atoms with van der Waals surface area (Å²) in [4.78, 5) is 12.9. The van der Waals surface area contributed by atoms with Crippen molar-refractivity contribution in [3.05, 3.63) is 47.0 Å². The summed E-state index contributed by atoms with van der Waals surface area (Å²) in [5, 5.41) is 3.20. The zero-order valence-electron chi connectivity index (χ0n) is 16.3. The number of nitrogens with zero attached hydrogens (tertiary/aromatic N) is 1. The van der Waals surface area contributed by atoms with Gasteiger partial charge in [-0.1, -0.05) is 17.7 Å². The van der Waals surface area contributed by atoms with Crippen LogP contribution in [0.25, 0.3) is 0 Å². The predicted octanol–water partition coefficient (Wildman–Crippen LogP) is 3.46. The molecule has 0 saturated heterocycles. The Morgan fingerprint density at radius 2 is 1.82 bits per heavy atom. The number of aryl methyl sites for hydroxylation is 1. The van der Waals surface area contributed by atoms with E-state index in [0.717, 1.165) is 16.1 Å². The van der Waals surface area contributed by atoms with Gasteiger partial charge in [-0.15, -0.1) is 0 Å². The first kappa shape index (κ1) is 21.8. The summed E-state index contributed by atoms with van der Waals surface area (Å²) >= 11 is 6.00. The summed E-state index contributed by atoms with van der Waals surface area (Å²) in [5.41, 5.74) is 1.51. The van der Waals surface area contributed by atoms with Gasteiger partial charge in [0.05, 0.1) is 26.2 Å². The number of carbonyl (C=O) groups excluding carboxylic acids is 1. The van der Waals surface area contributed by atoms with Gasteiger partial charge in [0.25, 0.3) is 0 Å². The number of hydrogen-bond donors (Lipinski definition) is 1. The summed E-state index contributed by atoms with van der Waals surface area (Å²) in [7, 11) is -0.930. The Morgan fingerprint density at radius 3 is 2.39 bits per heavy atom. The molecule has 0 aliphatic carbocycles. The molecule has 7 nitrogen and oxygen atoms in total. The molecule has 1 amide bonds. The summed E-state index contributed by atoms with van der Waals surface area (Å²) in [5.74, 6) is 0.216. The van der Waals surface area contributed by atoms with Crippen LogP contribution in [0.4, 0.5) is 11.4 Å². The molecule has 0 fully saturated rings. The lowest BCUT2D eigenvalue weighted by Gasteiger charge is -2.29. The van der Waals surface area contributed by atoms with Crippen LogP contribution in [0, 0.1) is 6.92 Å². The third-order valence-electron chi connectivity index (χ3n) is 4.17. The van der Waals surface area contributed by atoms with E-state index in [1.165, 1.54) is 27.2 Å². The zero-order valence-corrected chi connectivity index (χ0v) is 17.9. The van der Waals surface area contributed by atoms with E-state index in [0.29, 0.717) is 22.2 Å². The minimum absolute atomic E-state index is 0.204. The molecule has 9 heteroatoms. The Bertz CT molecular complexity index is 978. The van der Waals surface area contributed by atoms with Crippen molar-refractivity contribution >= 4 is 38.9 Å². The first-order valence-electron chi connectivity index (χ1n) is 8.37. The second-order valence-electron chi connectivity index (χ2n) is 6.22. The maximum Gasteiger partial charge on any atom is 0.248 e. The van der Waals surface area contributed by atoms with Gasteiger partial charge in [0.15, 0.2) is 0 Å². The lowest BCUT2D eigenvalue weighted by atomic mass is 10.2. The van der Waals surface area contributed by atoms with Crippen molar-refractivity contribution in [2.24, 2.45) is 0 Å². The highest BCUT2D eigenvalue weighted by molar-refractivity contribution is 7.92. The minimum atomic E-state index is -3.82. The molecular weight excluding hydrogens is 404 g/mol. The Kier molecular flexibility index (Phi) is 6.79. The number of methoxy groups -OCH3 is 2. The average Bonchev–Trinajstić information content (AvgIpc) is 2.63. The number of rotatable bonds is 7.